The largest absolute Gasteiger partial charge is 0.481 e. The second kappa shape index (κ2) is 9.93. The van der Waals surface area contributed by atoms with Crippen LogP contribution in [0.3, 0.4) is 0 Å². The zero-order chi connectivity index (χ0) is 24.3. The number of nitrogens with one attached hydrogen (secondary N) is 1. The lowest BCUT2D eigenvalue weighted by Gasteiger charge is -2.25. The fraction of sp³-hybridized carbons (Fsp3) is 0.423. The molecule has 34 heavy (non-hydrogen) atoms. The predicted octanol–water partition coefficient (Wildman–Crippen LogP) is 2.51. The van der Waals surface area contributed by atoms with Gasteiger partial charge >= 0.3 is 5.97 Å². The molecule has 1 heterocycles. The van der Waals surface area contributed by atoms with Gasteiger partial charge in [-0.1, -0.05) is 42.5 Å². The highest BCUT2D eigenvalue weighted by atomic mass is 19.1. The van der Waals surface area contributed by atoms with Crippen molar-refractivity contribution in [3.8, 4) is 0 Å². The van der Waals surface area contributed by atoms with Gasteiger partial charge in [-0.05, 0) is 54.9 Å². The summed E-state index contributed by atoms with van der Waals surface area (Å²) < 4.78 is 13.9. The third kappa shape index (κ3) is 5.12. The molecule has 0 aromatic heterocycles. The summed E-state index contributed by atoms with van der Waals surface area (Å²) in [5.41, 5.74) is 7.48. The summed E-state index contributed by atoms with van der Waals surface area (Å²) >= 11 is 0. The Morgan fingerprint density at radius 2 is 1.85 bits per heavy atom. The van der Waals surface area contributed by atoms with Crippen molar-refractivity contribution in [2.75, 3.05) is 6.54 Å². The number of carboxylic acid groups (broad SMARTS) is 1. The Balaban J connectivity index is 1.29. The minimum absolute atomic E-state index is 0.0465. The molecule has 2 atom stereocenters. The number of likely N-dealkylation sites (tertiary alicyclic amines) is 1. The molecule has 1 aliphatic heterocycles. The molecule has 4 N–H and O–H groups in total. The standard InChI is InChI=1S/C26H30FN3O4/c27-21-5-2-1-4-18(21)14-20(28)15-23(31)30-13-3-6-22(30)24(32)29-16-17-7-9-19(10-8-17)26(11-12-26)25(33)34/h1-2,4-5,7-10,20,22H,3,6,11-16,28H2,(H,29,32)(H,33,34)/t20-,22+/m1/s1. The molecular formula is C26H30FN3O4. The molecule has 1 saturated heterocycles. The number of benzene rings is 2. The van der Waals surface area contributed by atoms with E-state index in [0.29, 0.717) is 37.9 Å². The van der Waals surface area contributed by atoms with E-state index in [9.17, 15) is 23.9 Å². The second-order valence-electron chi connectivity index (χ2n) is 9.31. The maximum Gasteiger partial charge on any atom is 0.314 e. The van der Waals surface area contributed by atoms with Crippen LogP contribution in [0.1, 0.15) is 48.8 Å². The average Bonchev–Trinajstić information content (AvgIpc) is 3.49. The van der Waals surface area contributed by atoms with Crippen LogP contribution < -0.4 is 11.1 Å². The first-order valence-electron chi connectivity index (χ1n) is 11.7. The normalized spacial score (nSPS) is 19.5. The van der Waals surface area contributed by atoms with E-state index in [1.54, 1.807) is 23.1 Å². The highest BCUT2D eigenvalue weighted by Gasteiger charge is 2.51. The number of carboxylic acids is 1. The van der Waals surface area contributed by atoms with Gasteiger partial charge in [0.2, 0.25) is 11.8 Å². The SMILES string of the molecule is N[C@@H](CC(=O)N1CCC[C@H]1C(=O)NCc1ccc(C2(C(=O)O)CC2)cc1)Cc1ccccc1F. The van der Waals surface area contributed by atoms with Crippen molar-refractivity contribution in [3.05, 3.63) is 71.0 Å². The molecule has 0 radical (unpaired) electrons. The first-order valence-corrected chi connectivity index (χ1v) is 11.7. The number of nitrogens with zero attached hydrogens (tertiary/aromatic N) is 1. The maximum atomic E-state index is 13.9. The summed E-state index contributed by atoms with van der Waals surface area (Å²) in [4.78, 5) is 38.7. The molecule has 4 rings (SSSR count). The molecule has 0 spiro atoms. The van der Waals surface area contributed by atoms with Gasteiger partial charge in [-0.15, -0.1) is 0 Å². The van der Waals surface area contributed by atoms with Gasteiger partial charge in [0.25, 0.3) is 0 Å². The fourth-order valence-electron chi connectivity index (χ4n) is 4.70. The van der Waals surface area contributed by atoms with E-state index < -0.39 is 23.5 Å². The molecular weight excluding hydrogens is 437 g/mol. The molecule has 8 heteroatoms. The van der Waals surface area contributed by atoms with Gasteiger partial charge in [-0.3, -0.25) is 14.4 Å². The molecule has 1 saturated carbocycles. The number of carbonyl (C=O) groups is 3. The Labute approximate surface area is 198 Å². The molecule has 2 aromatic carbocycles. The van der Waals surface area contributed by atoms with Crippen molar-refractivity contribution < 1.29 is 23.9 Å². The molecule has 7 nitrogen and oxygen atoms in total. The first-order chi connectivity index (χ1) is 16.3. The van der Waals surface area contributed by atoms with Crippen LogP contribution in [0.4, 0.5) is 4.39 Å². The molecule has 2 amide bonds. The third-order valence-electron chi connectivity index (χ3n) is 6.89. The summed E-state index contributed by atoms with van der Waals surface area (Å²) in [6, 6.07) is 12.6. The van der Waals surface area contributed by atoms with Crippen molar-refractivity contribution >= 4 is 17.8 Å². The van der Waals surface area contributed by atoms with Crippen LogP contribution in [0, 0.1) is 5.82 Å². The quantitative estimate of drug-likeness (QED) is 0.525. The number of halogens is 1. The summed E-state index contributed by atoms with van der Waals surface area (Å²) in [6.45, 7) is 0.791. The number of hydrogen-bond donors (Lipinski definition) is 3. The lowest BCUT2D eigenvalue weighted by Crippen LogP contribution is -2.47. The molecule has 2 fully saturated rings. The van der Waals surface area contributed by atoms with Crippen LogP contribution in [-0.2, 0) is 32.8 Å². The lowest BCUT2D eigenvalue weighted by molar-refractivity contribution is -0.140. The summed E-state index contributed by atoms with van der Waals surface area (Å²) in [6.07, 6.45) is 2.91. The average molecular weight is 468 g/mol. The third-order valence-corrected chi connectivity index (χ3v) is 6.89. The Bertz CT molecular complexity index is 1070. The van der Waals surface area contributed by atoms with Gasteiger partial charge in [0.15, 0.2) is 0 Å². The van der Waals surface area contributed by atoms with Crippen LogP contribution in [0.15, 0.2) is 48.5 Å². The predicted molar refractivity (Wildman–Crippen MR) is 124 cm³/mol. The lowest BCUT2D eigenvalue weighted by atomic mass is 9.95. The van der Waals surface area contributed by atoms with Crippen LogP contribution in [-0.4, -0.2) is 46.4 Å². The van der Waals surface area contributed by atoms with E-state index in [1.165, 1.54) is 6.07 Å². The fourth-order valence-corrected chi connectivity index (χ4v) is 4.70. The van der Waals surface area contributed by atoms with Crippen molar-refractivity contribution in [1.82, 2.24) is 10.2 Å². The highest BCUT2D eigenvalue weighted by Crippen LogP contribution is 2.48. The number of carbonyl (C=O) groups excluding carboxylic acids is 2. The van der Waals surface area contributed by atoms with Crippen LogP contribution in [0.5, 0.6) is 0 Å². The van der Waals surface area contributed by atoms with E-state index in [-0.39, 0.29) is 30.5 Å². The van der Waals surface area contributed by atoms with Gasteiger partial charge in [-0.25, -0.2) is 4.39 Å². The first kappa shape index (κ1) is 23.9. The zero-order valence-corrected chi connectivity index (χ0v) is 19.0. The molecule has 180 valence electrons. The minimum atomic E-state index is -0.798. The van der Waals surface area contributed by atoms with Gasteiger partial charge in [0.05, 0.1) is 5.41 Å². The summed E-state index contributed by atoms with van der Waals surface area (Å²) in [5, 5.41) is 12.3. The number of hydrogen-bond acceptors (Lipinski definition) is 4. The van der Waals surface area contributed by atoms with Crippen LogP contribution in [0.25, 0.3) is 0 Å². The Kier molecular flexibility index (Phi) is 6.97. The maximum absolute atomic E-state index is 13.9. The van der Waals surface area contributed by atoms with Crippen LogP contribution in [0.2, 0.25) is 0 Å². The van der Waals surface area contributed by atoms with E-state index in [0.717, 1.165) is 17.5 Å². The minimum Gasteiger partial charge on any atom is -0.481 e. The van der Waals surface area contributed by atoms with Gasteiger partial charge < -0.3 is 21.1 Å². The molecule has 2 aromatic rings. The number of rotatable bonds is 9. The number of aliphatic carboxylic acids is 1. The van der Waals surface area contributed by atoms with E-state index in [2.05, 4.69) is 5.32 Å². The van der Waals surface area contributed by atoms with Gasteiger partial charge in [0.1, 0.15) is 11.9 Å². The van der Waals surface area contributed by atoms with Gasteiger partial charge in [0, 0.05) is 25.6 Å². The van der Waals surface area contributed by atoms with Crippen molar-refractivity contribution in [1.29, 1.82) is 0 Å². The molecule has 2 aliphatic rings. The van der Waals surface area contributed by atoms with E-state index >= 15 is 0 Å². The zero-order valence-electron chi connectivity index (χ0n) is 19.0. The van der Waals surface area contributed by atoms with E-state index in [4.69, 9.17) is 5.73 Å². The number of nitrogens with two attached hydrogens (primary N) is 1. The van der Waals surface area contributed by atoms with Gasteiger partial charge in [-0.2, -0.15) is 0 Å². The number of amides is 2. The smallest absolute Gasteiger partial charge is 0.314 e. The van der Waals surface area contributed by atoms with Crippen molar-refractivity contribution in [2.45, 2.75) is 62.6 Å². The summed E-state index contributed by atoms with van der Waals surface area (Å²) in [5.74, 6) is -1.56. The summed E-state index contributed by atoms with van der Waals surface area (Å²) in [7, 11) is 0. The second-order valence-corrected chi connectivity index (χ2v) is 9.31. The van der Waals surface area contributed by atoms with E-state index in [1.807, 2.05) is 24.3 Å². The highest BCUT2D eigenvalue weighted by molar-refractivity contribution is 5.88. The monoisotopic (exact) mass is 467 g/mol. The molecule has 0 unspecified atom stereocenters. The Hall–Kier alpha value is -3.26. The Morgan fingerprint density at radius 1 is 1.15 bits per heavy atom. The van der Waals surface area contributed by atoms with Crippen LogP contribution >= 0.6 is 0 Å². The van der Waals surface area contributed by atoms with Crippen molar-refractivity contribution in [2.24, 2.45) is 5.73 Å². The Morgan fingerprint density at radius 3 is 2.50 bits per heavy atom. The topological polar surface area (TPSA) is 113 Å². The van der Waals surface area contributed by atoms with Crippen molar-refractivity contribution in [3.63, 3.8) is 0 Å². The molecule has 1 aliphatic carbocycles. The molecule has 0 bridgehead atoms.